The maximum absolute atomic E-state index is 11.8. The van der Waals surface area contributed by atoms with E-state index in [1.165, 1.54) is 0 Å². The number of hydrogen-bond donors (Lipinski definition) is 3. The van der Waals surface area contributed by atoms with Crippen molar-refractivity contribution in [1.29, 1.82) is 0 Å². The number of rotatable bonds is 7. The average molecular weight is 286 g/mol. The number of aliphatic carboxylic acids is 1. The predicted molar refractivity (Wildman–Crippen MR) is 72.1 cm³/mol. The molecule has 6 nitrogen and oxygen atoms in total. The van der Waals surface area contributed by atoms with E-state index in [1.54, 1.807) is 19.2 Å². The van der Waals surface area contributed by atoms with Gasteiger partial charge >= 0.3 is 10.8 Å². The molecule has 0 atom stereocenters. The maximum Gasteiger partial charge on any atom is 0.310 e. The number of carboxylic acid groups (broad SMARTS) is 1. The molecule has 106 valence electrons. The third-order valence-corrected chi connectivity index (χ3v) is 4.07. The van der Waals surface area contributed by atoms with E-state index in [1.807, 2.05) is 0 Å². The SMILES string of the molecule is CCC(CC)(CC(=O)NCc1csc(=O)[nH]1)C(=O)O. The van der Waals surface area contributed by atoms with Crippen LogP contribution in [0.4, 0.5) is 0 Å². The number of hydrogen-bond acceptors (Lipinski definition) is 4. The van der Waals surface area contributed by atoms with Crippen molar-refractivity contribution in [2.75, 3.05) is 0 Å². The summed E-state index contributed by atoms with van der Waals surface area (Å²) in [5.74, 6) is -1.27. The summed E-state index contributed by atoms with van der Waals surface area (Å²) in [4.78, 5) is 36.4. The Kier molecular flexibility index (Phi) is 5.29. The fourth-order valence-corrected chi connectivity index (χ4v) is 2.42. The number of nitrogens with one attached hydrogen (secondary N) is 2. The van der Waals surface area contributed by atoms with Crippen molar-refractivity contribution in [3.63, 3.8) is 0 Å². The van der Waals surface area contributed by atoms with Gasteiger partial charge in [-0.25, -0.2) is 0 Å². The van der Waals surface area contributed by atoms with Crippen molar-refractivity contribution >= 4 is 23.2 Å². The van der Waals surface area contributed by atoms with E-state index in [0.717, 1.165) is 11.3 Å². The zero-order valence-electron chi connectivity index (χ0n) is 11.0. The molecule has 1 aromatic rings. The van der Waals surface area contributed by atoms with Crippen molar-refractivity contribution in [1.82, 2.24) is 10.3 Å². The minimum Gasteiger partial charge on any atom is -0.481 e. The molecular weight excluding hydrogens is 268 g/mol. The number of amides is 1. The zero-order valence-corrected chi connectivity index (χ0v) is 11.8. The molecule has 1 aromatic heterocycles. The second-order valence-electron chi connectivity index (χ2n) is 4.42. The topological polar surface area (TPSA) is 99.3 Å². The van der Waals surface area contributed by atoms with Gasteiger partial charge in [-0.3, -0.25) is 14.4 Å². The van der Waals surface area contributed by atoms with Crippen LogP contribution in [0.1, 0.15) is 38.8 Å². The molecule has 0 saturated carbocycles. The molecule has 1 rings (SSSR count). The molecule has 0 saturated heterocycles. The molecule has 0 aliphatic carbocycles. The largest absolute Gasteiger partial charge is 0.481 e. The van der Waals surface area contributed by atoms with Crippen LogP contribution in [-0.4, -0.2) is 22.0 Å². The Morgan fingerprint density at radius 3 is 2.47 bits per heavy atom. The number of carbonyl (C=O) groups excluding carboxylic acids is 1. The number of carboxylic acids is 1. The highest BCUT2D eigenvalue weighted by Crippen LogP contribution is 2.30. The van der Waals surface area contributed by atoms with Crippen LogP contribution in [0.5, 0.6) is 0 Å². The molecule has 0 unspecified atom stereocenters. The van der Waals surface area contributed by atoms with Crippen LogP contribution < -0.4 is 10.2 Å². The molecule has 1 heterocycles. The monoisotopic (exact) mass is 286 g/mol. The van der Waals surface area contributed by atoms with Gasteiger partial charge in [0.25, 0.3) is 0 Å². The summed E-state index contributed by atoms with van der Waals surface area (Å²) in [7, 11) is 0. The Morgan fingerprint density at radius 2 is 2.05 bits per heavy atom. The minimum atomic E-state index is -1.01. The highest BCUT2D eigenvalue weighted by atomic mass is 32.1. The maximum atomic E-state index is 11.8. The van der Waals surface area contributed by atoms with E-state index in [-0.39, 0.29) is 23.7 Å². The summed E-state index contributed by atoms with van der Waals surface area (Å²) in [5, 5.41) is 13.5. The molecular formula is C12H18N2O4S. The number of aromatic amines is 1. The third-order valence-electron chi connectivity index (χ3n) is 3.35. The lowest BCUT2D eigenvalue weighted by molar-refractivity contribution is -0.152. The third kappa shape index (κ3) is 3.92. The molecule has 0 spiro atoms. The summed E-state index contributed by atoms with van der Waals surface area (Å²) in [6.45, 7) is 3.74. The number of aromatic nitrogens is 1. The van der Waals surface area contributed by atoms with E-state index in [0.29, 0.717) is 18.5 Å². The van der Waals surface area contributed by atoms with E-state index < -0.39 is 11.4 Å². The molecule has 0 bridgehead atoms. The molecule has 0 aromatic carbocycles. The normalized spacial score (nSPS) is 11.3. The second-order valence-corrected chi connectivity index (χ2v) is 5.26. The van der Waals surface area contributed by atoms with E-state index in [2.05, 4.69) is 10.3 Å². The van der Waals surface area contributed by atoms with Gasteiger partial charge in [0.05, 0.1) is 12.0 Å². The van der Waals surface area contributed by atoms with Crippen LogP contribution in [0.2, 0.25) is 0 Å². The summed E-state index contributed by atoms with van der Waals surface area (Å²) >= 11 is 1.03. The number of carbonyl (C=O) groups is 2. The van der Waals surface area contributed by atoms with Gasteiger partial charge in [-0.1, -0.05) is 25.2 Å². The standard InChI is InChI=1S/C12H18N2O4S/c1-3-12(4-2,10(16)17)5-9(15)13-6-8-7-19-11(18)14-8/h7H,3-6H2,1-2H3,(H,13,15)(H,14,18)(H,16,17). The molecule has 0 fully saturated rings. The van der Waals surface area contributed by atoms with Crippen molar-refractivity contribution in [3.8, 4) is 0 Å². The van der Waals surface area contributed by atoms with Gasteiger partial charge in [0.1, 0.15) is 0 Å². The summed E-state index contributed by atoms with van der Waals surface area (Å²) in [5.41, 5.74) is -0.385. The van der Waals surface area contributed by atoms with Crippen LogP contribution in [0.25, 0.3) is 0 Å². The van der Waals surface area contributed by atoms with Gasteiger partial charge < -0.3 is 15.4 Å². The van der Waals surface area contributed by atoms with Gasteiger partial charge in [0.15, 0.2) is 0 Å². The Hall–Kier alpha value is -1.63. The lowest BCUT2D eigenvalue weighted by atomic mass is 9.79. The van der Waals surface area contributed by atoms with Gasteiger partial charge in [-0.15, -0.1) is 0 Å². The fraction of sp³-hybridized carbons (Fsp3) is 0.583. The zero-order chi connectivity index (χ0) is 14.5. The van der Waals surface area contributed by atoms with Crippen molar-refractivity contribution < 1.29 is 14.7 Å². The Bertz CT molecular complexity index is 502. The highest BCUT2D eigenvalue weighted by molar-refractivity contribution is 7.07. The first-order valence-electron chi connectivity index (χ1n) is 6.10. The summed E-state index contributed by atoms with van der Waals surface area (Å²) in [6, 6.07) is 0. The lowest BCUT2D eigenvalue weighted by Crippen LogP contribution is -2.36. The van der Waals surface area contributed by atoms with Crippen LogP contribution >= 0.6 is 11.3 Å². The first-order valence-corrected chi connectivity index (χ1v) is 6.98. The van der Waals surface area contributed by atoms with E-state index >= 15 is 0 Å². The van der Waals surface area contributed by atoms with E-state index in [9.17, 15) is 19.5 Å². The average Bonchev–Trinajstić information content (AvgIpc) is 2.79. The van der Waals surface area contributed by atoms with Crippen molar-refractivity contribution in [3.05, 3.63) is 20.7 Å². The second kappa shape index (κ2) is 6.51. The van der Waals surface area contributed by atoms with Crippen LogP contribution in [0, 0.1) is 5.41 Å². The summed E-state index contributed by atoms with van der Waals surface area (Å²) in [6.07, 6.45) is 0.757. The summed E-state index contributed by atoms with van der Waals surface area (Å²) < 4.78 is 0. The number of H-pyrrole nitrogens is 1. The van der Waals surface area contributed by atoms with Crippen molar-refractivity contribution in [2.24, 2.45) is 5.41 Å². The quantitative estimate of drug-likeness (QED) is 0.704. The van der Waals surface area contributed by atoms with Crippen molar-refractivity contribution in [2.45, 2.75) is 39.7 Å². The van der Waals surface area contributed by atoms with Crippen LogP contribution in [0.15, 0.2) is 10.2 Å². The molecule has 0 radical (unpaired) electrons. The molecule has 3 N–H and O–H groups in total. The molecule has 0 aliphatic heterocycles. The van der Waals surface area contributed by atoms with Crippen LogP contribution in [0.3, 0.4) is 0 Å². The van der Waals surface area contributed by atoms with Gasteiger partial charge in [0, 0.05) is 17.5 Å². The molecule has 1 amide bonds. The van der Waals surface area contributed by atoms with Crippen LogP contribution in [-0.2, 0) is 16.1 Å². The molecule has 7 heteroatoms. The molecule has 19 heavy (non-hydrogen) atoms. The Balaban J connectivity index is 2.58. The highest BCUT2D eigenvalue weighted by Gasteiger charge is 2.36. The Labute approximate surface area is 114 Å². The molecule has 0 aliphatic rings. The van der Waals surface area contributed by atoms with E-state index in [4.69, 9.17) is 0 Å². The lowest BCUT2D eigenvalue weighted by Gasteiger charge is -2.25. The van der Waals surface area contributed by atoms with Gasteiger partial charge in [0.2, 0.25) is 5.91 Å². The minimum absolute atomic E-state index is 0.0519. The van der Waals surface area contributed by atoms with Gasteiger partial charge in [-0.2, -0.15) is 0 Å². The number of thiazole rings is 1. The first kappa shape index (κ1) is 15.4. The predicted octanol–water partition coefficient (Wildman–Crippen LogP) is 1.33. The Morgan fingerprint density at radius 1 is 1.42 bits per heavy atom. The van der Waals surface area contributed by atoms with Gasteiger partial charge in [-0.05, 0) is 12.8 Å². The smallest absolute Gasteiger partial charge is 0.310 e. The first-order chi connectivity index (χ1) is 8.93. The fourth-order valence-electron chi connectivity index (χ4n) is 1.84.